The number of aryl methyl sites for hydroxylation is 2. The largest absolute Gasteiger partial charge is 0.586 e. The minimum Gasteiger partial charge on any atom is -0.395 e. The first-order chi connectivity index (χ1) is 13.8. The standard InChI is InChI=1S/C19H14F2N2O3S.C2H6/c1-10-7-16-17(26-19(20,21)25-16)8-14(10)12-3-5-13(6-4-12)22-18(24)15-9-27-23-11(15)2;1-2/h3-9H,1-2H3,(H,22,24);1-2H3. The van der Waals surface area contributed by atoms with Crippen molar-refractivity contribution in [3.63, 3.8) is 0 Å². The van der Waals surface area contributed by atoms with Crippen LogP contribution < -0.4 is 14.8 Å². The second kappa shape index (κ2) is 8.16. The van der Waals surface area contributed by atoms with E-state index in [4.69, 9.17) is 0 Å². The number of halogens is 2. The van der Waals surface area contributed by atoms with Gasteiger partial charge in [0.15, 0.2) is 11.5 Å². The molecule has 0 unspecified atom stereocenters. The Morgan fingerprint density at radius 3 is 2.28 bits per heavy atom. The van der Waals surface area contributed by atoms with Gasteiger partial charge >= 0.3 is 6.29 Å². The molecule has 8 heteroatoms. The van der Waals surface area contributed by atoms with Gasteiger partial charge in [0.05, 0.1) is 11.3 Å². The maximum Gasteiger partial charge on any atom is 0.586 e. The molecule has 4 rings (SSSR count). The van der Waals surface area contributed by atoms with Crippen LogP contribution in [0.3, 0.4) is 0 Å². The predicted octanol–water partition coefficient (Wildman–Crippen LogP) is 6.03. The Kier molecular flexibility index (Phi) is 5.83. The van der Waals surface area contributed by atoms with E-state index < -0.39 is 6.29 Å². The van der Waals surface area contributed by atoms with Crippen LogP contribution >= 0.6 is 11.5 Å². The van der Waals surface area contributed by atoms with Gasteiger partial charge in [0.25, 0.3) is 5.91 Å². The molecule has 0 radical (unpaired) electrons. The summed E-state index contributed by atoms with van der Waals surface area (Å²) in [4.78, 5) is 12.2. The third-order valence-electron chi connectivity index (χ3n) is 4.20. The number of alkyl halides is 2. The highest BCUT2D eigenvalue weighted by molar-refractivity contribution is 7.04. The Bertz CT molecular complexity index is 1030. The number of rotatable bonds is 3. The molecule has 1 aromatic heterocycles. The molecule has 3 aromatic rings. The summed E-state index contributed by atoms with van der Waals surface area (Å²) in [6, 6.07) is 10.2. The number of nitrogens with zero attached hydrogens (tertiary/aromatic N) is 1. The number of aromatic nitrogens is 1. The number of ether oxygens (including phenoxy) is 2. The summed E-state index contributed by atoms with van der Waals surface area (Å²) in [5.74, 6) is -0.209. The minimum absolute atomic E-state index is 0.00147. The molecule has 0 fully saturated rings. The number of nitrogens with one attached hydrogen (secondary N) is 1. The molecule has 2 aromatic carbocycles. The summed E-state index contributed by atoms with van der Waals surface area (Å²) < 4.78 is 39.5. The van der Waals surface area contributed by atoms with Crippen LogP contribution in [-0.2, 0) is 0 Å². The fourth-order valence-electron chi connectivity index (χ4n) is 2.85. The molecule has 2 heterocycles. The summed E-state index contributed by atoms with van der Waals surface area (Å²) >= 11 is 1.23. The fraction of sp³-hybridized carbons (Fsp3) is 0.238. The Morgan fingerprint density at radius 1 is 1.07 bits per heavy atom. The van der Waals surface area contributed by atoms with Crippen LogP contribution in [0.1, 0.15) is 35.5 Å². The first-order valence-electron chi connectivity index (χ1n) is 9.06. The monoisotopic (exact) mass is 418 g/mol. The molecule has 0 spiro atoms. The van der Waals surface area contributed by atoms with Crippen LogP contribution in [0.5, 0.6) is 11.5 Å². The van der Waals surface area contributed by atoms with Gasteiger partial charge in [-0.25, -0.2) is 0 Å². The first kappa shape index (κ1) is 20.7. The van der Waals surface area contributed by atoms with E-state index in [9.17, 15) is 13.6 Å². The number of carbonyl (C=O) groups is 1. The molecular formula is C21H20F2N2O3S. The number of anilines is 1. The van der Waals surface area contributed by atoms with Crippen molar-refractivity contribution in [3.8, 4) is 22.6 Å². The van der Waals surface area contributed by atoms with E-state index in [0.717, 1.165) is 16.7 Å². The van der Waals surface area contributed by atoms with E-state index in [2.05, 4.69) is 19.2 Å². The number of hydrogen-bond donors (Lipinski definition) is 1. The molecule has 1 N–H and O–H groups in total. The smallest absolute Gasteiger partial charge is 0.395 e. The highest BCUT2D eigenvalue weighted by Crippen LogP contribution is 2.44. The van der Waals surface area contributed by atoms with Gasteiger partial charge < -0.3 is 14.8 Å². The van der Waals surface area contributed by atoms with E-state index in [0.29, 0.717) is 16.9 Å². The SMILES string of the molecule is CC.Cc1cc2c(cc1-c1ccc(NC(=O)c3csnc3C)cc1)OC(F)(F)O2. The van der Waals surface area contributed by atoms with Crippen molar-refractivity contribution in [1.29, 1.82) is 0 Å². The molecule has 1 aliphatic heterocycles. The maximum absolute atomic E-state index is 13.2. The average molecular weight is 418 g/mol. The Labute approximate surface area is 171 Å². The fourth-order valence-corrected chi connectivity index (χ4v) is 3.54. The summed E-state index contributed by atoms with van der Waals surface area (Å²) in [5.41, 5.74) is 4.16. The average Bonchev–Trinajstić information content (AvgIpc) is 3.24. The molecular weight excluding hydrogens is 398 g/mol. The minimum atomic E-state index is -3.64. The first-order valence-corrected chi connectivity index (χ1v) is 9.89. The van der Waals surface area contributed by atoms with Crippen molar-refractivity contribution in [2.45, 2.75) is 34.0 Å². The second-order valence-corrected chi connectivity index (χ2v) is 6.76. The highest BCUT2D eigenvalue weighted by Gasteiger charge is 2.43. The molecule has 1 aliphatic rings. The summed E-state index contributed by atoms with van der Waals surface area (Å²) in [6.45, 7) is 7.58. The van der Waals surface area contributed by atoms with E-state index >= 15 is 0 Å². The van der Waals surface area contributed by atoms with Gasteiger partial charge in [-0.15, -0.1) is 8.78 Å². The molecule has 29 heavy (non-hydrogen) atoms. The van der Waals surface area contributed by atoms with Gasteiger partial charge in [0, 0.05) is 11.1 Å². The van der Waals surface area contributed by atoms with Crippen molar-refractivity contribution in [3.05, 3.63) is 58.6 Å². The van der Waals surface area contributed by atoms with Crippen LogP contribution in [0.25, 0.3) is 11.1 Å². The second-order valence-electron chi connectivity index (χ2n) is 6.13. The lowest BCUT2D eigenvalue weighted by atomic mass is 9.99. The van der Waals surface area contributed by atoms with Crippen molar-refractivity contribution >= 4 is 23.1 Å². The number of fused-ring (bicyclic) bond motifs is 1. The van der Waals surface area contributed by atoms with Gasteiger partial charge in [0.2, 0.25) is 0 Å². The van der Waals surface area contributed by atoms with Gasteiger partial charge in [-0.1, -0.05) is 26.0 Å². The van der Waals surface area contributed by atoms with Crippen molar-refractivity contribution < 1.29 is 23.0 Å². The number of hydrogen-bond acceptors (Lipinski definition) is 5. The quantitative estimate of drug-likeness (QED) is 0.564. The third-order valence-corrected chi connectivity index (χ3v) is 4.92. The zero-order chi connectivity index (χ0) is 21.2. The Hall–Kier alpha value is -3.00. The zero-order valence-electron chi connectivity index (χ0n) is 16.4. The van der Waals surface area contributed by atoms with Crippen molar-refractivity contribution in [1.82, 2.24) is 4.37 Å². The lowest BCUT2D eigenvalue weighted by Crippen LogP contribution is -2.25. The zero-order valence-corrected chi connectivity index (χ0v) is 17.2. The Balaban J connectivity index is 0.00000117. The molecule has 0 atom stereocenters. The van der Waals surface area contributed by atoms with Crippen LogP contribution in [0.15, 0.2) is 41.8 Å². The van der Waals surface area contributed by atoms with E-state index in [1.807, 2.05) is 13.8 Å². The van der Waals surface area contributed by atoms with Crippen molar-refractivity contribution in [2.75, 3.05) is 5.32 Å². The van der Waals surface area contributed by atoms with Gasteiger partial charge in [-0.05, 0) is 66.3 Å². The van der Waals surface area contributed by atoms with E-state index in [-0.39, 0.29) is 17.4 Å². The van der Waals surface area contributed by atoms with E-state index in [1.165, 1.54) is 23.7 Å². The molecule has 1 amide bonds. The highest BCUT2D eigenvalue weighted by atomic mass is 32.1. The lowest BCUT2D eigenvalue weighted by Gasteiger charge is -2.09. The van der Waals surface area contributed by atoms with E-state index in [1.54, 1.807) is 43.5 Å². The summed E-state index contributed by atoms with van der Waals surface area (Å²) in [6.07, 6.45) is -3.64. The molecule has 0 bridgehead atoms. The molecule has 0 aliphatic carbocycles. The topological polar surface area (TPSA) is 60.5 Å². The lowest BCUT2D eigenvalue weighted by molar-refractivity contribution is -0.286. The van der Waals surface area contributed by atoms with Crippen LogP contribution in [0.4, 0.5) is 14.5 Å². The number of benzene rings is 2. The maximum atomic E-state index is 13.2. The van der Waals surface area contributed by atoms with Crippen molar-refractivity contribution in [2.24, 2.45) is 0 Å². The number of carbonyl (C=O) groups excluding carboxylic acids is 1. The molecule has 5 nitrogen and oxygen atoms in total. The normalized spacial score (nSPS) is 13.4. The Morgan fingerprint density at radius 2 is 1.69 bits per heavy atom. The van der Waals surface area contributed by atoms with Gasteiger partial charge in [-0.2, -0.15) is 4.37 Å². The van der Waals surface area contributed by atoms with Gasteiger partial charge in [-0.3, -0.25) is 4.79 Å². The van der Waals surface area contributed by atoms with Crippen LogP contribution in [0.2, 0.25) is 0 Å². The van der Waals surface area contributed by atoms with Crippen LogP contribution in [-0.4, -0.2) is 16.6 Å². The molecule has 0 saturated heterocycles. The third kappa shape index (κ3) is 4.37. The number of amides is 1. The van der Waals surface area contributed by atoms with Crippen LogP contribution in [0, 0.1) is 13.8 Å². The van der Waals surface area contributed by atoms with Gasteiger partial charge in [0.1, 0.15) is 0 Å². The molecule has 152 valence electrons. The summed E-state index contributed by atoms with van der Waals surface area (Å²) in [5, 5.41) is 4.51. The molecule has 0 saturated carbocycles. The summed E-state index contributed by atoms with van der Waals surface area (Å²) in [7, 11) is 0. The predicted molar refractivity (Wildman–Crippen MR) is 109 cm³/mol.